The summed E-state index contributed by atoms with van der Waals surface area (Å²) in [6, 6.07) is 0. The summed E-state index contributed by atoms with van der Waals surface area (Å²) in [5, 5.41) is 11.0. The number of fused-ring (bicyclic) bond motifs is 4. The lowest BCUT2D eigenvalue weighted by Crippen LogP contribution is -2.56. The van der Waals surface area contributed by atoms with Crippen molar-refractivity contribution >= 4 is 0 Å². The first kappa shape index (κ1) is 11.1. The molecule has 3 aliphatic carbocycles. The van der Waals surface area contributed by atoms with Crippen LogP contribution in [-0.2, 0) is 0 Å². The van der Waals surface area contributed by atoms with E-state index >= 15 is 0 Å². The van der Waals surface area contributed by atoms with Gasteiger partial charge < -0.3 is 5.11 Å². The predicted octanol–water partition coefficient (Wildman–Crippen LogP) is 3.75. The minimum Gasteiger partial charge on any atom is -0.390 e. The Morgan fingerprint density at radius 1 is 1.00 bits per heavy atom. The molecule has 0 spiro atoms. The molecule has 3 fully saturated rings. The largest absolute Gasteiger partial charge is 0.390 e. The van der Waals surface area contributed by atoms with Crippen molar-refractivity contribution < 1.29 is 5.11 Å². The zero-order chi connectivity index (χ0) is 11.6. The number of rotatable bonds is 0. The molecule has 0 radical (unpaired) electrons. The van der Waals surface area contributed by atoms with Gasteiger partial charge in [-0.3, -0.25) is 0 Å². The average Bonchev–Trinajstić information content (AvgIpc) is 2.19. The fourth-order valence-electron chi connectivity index (χ4n) is 5.17. The van der Waals surface area contributed by atoms with Gasteiger partial charge >= 0.3 is 0 Å². The fourth-order valence-corrected chi connectivity index (χ4v) is 5.17. The molecule has 1 unspecified atom stereocenters. The third-order valence-corrected chi connectivity index (χ3v) is 6.11. The van der Waals surface area contributed by atoms with Gasteiger partial charge in [0.15, 0.2) is 0 Å². The Morgan fingerprint density at radius 2 is 1.75 bits per heavy atom. The Kier molecular flexibility index (Phi) is 2.11. The Labute approximate surface area is 99.6 Å². The minimum atomic E-state index is -0.302. The van der Waals surface area contributed by atoms with Gasteiger partial charge in [0.25, 0.3) is 0 Å². The summed E-state index contributed by atoms with van der Waals surface area (Å²) in [6.07, 6.45) is 8.70. The van der Waals surface area contributed by atoms with Gasteiger partial charge in [0.1, 0.15) is 0 Å². The highest BCUT2D eigenvalue weighted by atomic mass is 16.3. The van der Waals surface area contributed by atoms with E-state index in [1.54, 1.807) is 0 Å². The molecule has 3 aliphatic rings. The van der Waals surface area contributed by atoms with Gasteiger partial charge in [0.2, 0.25) is 0 Å². The molecule has 16 heavy (non-hydrogen) atoms. The van der Waals surface area contributed by atoms with Crippen LogP contribution in [-0.4, -0.2) is 10.7 Å². The van der Waals surface area contributed by atoms with Gasteiger partial charge in [0, 0.05) is 0 Å². The maximum atomic E-state index is 11.0. The molecule has 0 aromatic heterocycles. The first-order valence-corrected chi connectivity index (χ1v) is 7.07. The number of aliphatic hydroxyl groups is 1. The standard InChI is InChI=1S/C15H26O/c1-13(2)9-12-11(13)5-8-14(3)6-4-7-15(12,16)10-14/h11-12,16H,4-10H2,1-3H3/t11-,12+,14+,15?/m1/s1. The summed E-state index contributed by atoms with van der Waals surface area (Å²) in [5.41, 5.74) is 0.637. The van der Waals surface area contributed by atoms with Crippen molar-refractivity contribution in [2.45, 2.75) is 71.3 Å². The zero-order valence-corrected chi connectivity index (χ0v) is 11.1. The van der Waals surface area contributed by atoms with E-state index in [2.05, 4.69) is 20.8 Å². The van der Waals surface area contributed by atoms with Gasteiger partial charge in [-0.25, -0.2) is 0 Å². The second-order valence-electron chi connectivity index (χ2n) is 7.89. The van der Waals surface area contributed by atoms with E-state index in [0.29, 0.717) is 16.7 Å². The van der Waals surface area contributed by atoms with E-state index < -0.39 is 0 Å². The summed E-state index contributed by atoms with van der Waals surface area (Å²) in [7, 11) is 0. The topological polar surface area (TPSA) is 20.2 Å². The Morgan fingerprint density at radius 3 is 2.44 bits per heavy atom. The van der Waals surface area contributed by atoms with E-state index in [0.717, 1.165) is 18.8 Å². The number of hydrogen-bond acceptors (Lipinski definition) is 1. The van der Waals surface area contributed by atoms with Crippen LogP contribution in [0.25, 0.3) is 0 Å². The molecular formula is C15H26O. The van der Waals surface area contributed by atoms with Crippen LogP contribution < -0.4 is 0 Å². The Balaban J connectivity index is 1.92. The lowest BCUT2D eigenvalue weighted by Gasteiger charge is -2.58. The van der Waals surface area contributed by atoms with Gasteiger partial charge in [-0.05, 0) is 61.2 Å². The quantitative estimate of drug-likeness (QED) is 0.662. The molecule has 1 heteroatoms. The average molecular weight is 222 g/mol. The normalized spacial score (nSPS) is 54.8. The molecule has 1 nitrogen and oxygen atoms in total. The SMILES string of the molecule is CC1(C)C[C@H]2[C@H]1CC[C@]1(C)CCCC2(O)C1. The van der Waals surface area contributed by atoms with Crippen LogP contribution in [0.2, 0.25) is 0 Å². The third-order valence-electron chi connectivity index (χ3n) is 6.11. The van der Waals surface area contributed by atoms with Crippen molar-refractivity contribution in [3.8, 4) is 0 Å². The van der Waals surface area contributed by atoms with Crippen LogP contribution >= 0.6 is 0 Å². The molecule has 0 aromatic rings. The second-order valence-corrected chi connectivity index (χ2v) is 7.89. The van der Waals surface area contributed by atoms with Crippen molar-refractivity contribution in [3.05, 3.63) is 0 Å². The Hall–Kier alpha value is -0.0400. The molecule has 0 amide bonds. The van der Waals surface area contributed by atoms with Crippen LogP contribution in [0, 0.1) is 22.7 Å². The van der Waals surface area contributed by atoms with E-state index in [-0.39, 0.29) is 5.60 Å². The van der Waals surface area contributed by atoms with Crippen LogP contribution in [0.15, 0.2) is 0 Å². The van der Waals surface area contributed by atoms with Crippen LogP contribution in [0.1, 0.15) is 65.7 Å². The Bertz CT molecular complexity index is 309. The third kappa shape index (κ3) is 1.40. The van der Waals surface area contributed by atoms with E-state index in [4.69, 9.17) is 0 Å². The predicted molar refractivity (Wildman–Crippen MR) is 66.1 cm³/mol. The highest BCUT2D eigenvalue weighted by molar-refractivity contribution is 5.10. The molecule has 0 heterocycles. The molecule has 3 saturated carbocycles. The zero-order valence-electron chi connectivity index (χ0n) is 11.1. The molecule has 0 saturated heterocycles. The van der Waals surface area contributed by atoms with Crippen molar-refractivity contribution in [2.75, 3.05) is 0 Å². The highest BCUT2D eigenvalue weighted by Gasteiger charge is 2.59. The first-order valence-electron chi connectivity index (χ1n) is 7.07. The van der Waals surface area contributed by atoms with E-state index in [9.17, 15) is 5.11 Å². The fraction of sp³-hybridized carbons (Fsp3) is 1.00. The molecule has 1 N–H and O–H groups in total. The lowest BCUT2D eigenvalue weighted by atomic mass is 9.49. The van der Waals surface area contributed by atoms with Crippen molar-refractivity contribution in [3.63, 3.8) is 0 Å². The van der Waals surface area contributed by atoms with Crippen LogP contribution in [0.3, 0.4) is 0 Å². The van der Waals surface area contributed by atoms with Gasteiger partial charge in [-0.1, -0.05) is 27.2 Å². The molecule has 2 bridgehead atoms. The summed E-state index contributed by atoms with van der Waals surface area (Å²) in [6.45, 7) is 7.21. The summed E-state index contributed by atoms with van der Waals surface area (Å²) in [4.78, 5) is 0. The maximum Gasteiger partial charge on any atom is 0.0684 e. The monoisotopic (exact) mass is 222 g/mol. The van der Waals surface area contributed by atoms with Crippen molar-refractivity contribution in [1.29, 1.82) is 0 Å². The van der Waals surface area contributed by atoms with Gasteiger partial charge in [0.05, 0.1) is 5.60 Å². The molecule has 3 rings (SSSR count). The minimum absolute atomic E-state index is 0.302. The second kappa shape index (κ2) is 3.04. The molecule has 0 aromatic carbocycles. The smallest absolute Gasteiger partial charge is 0.0684 e. The number of hydrogen-bond donors (Lipinski definition) is 1. The molecule has 92 valence electrons. The van der Waals surface area contributed by atoms with Crippen LogP contribution in [0.5, 0.6) is 0 Å². The summed E-state index contributed by atoms with van der Waals surface area (Å²) in [5.74, 6) is 1.40. The lowest BCUT2D eigenvalue weighted by molar-refractivity contribution is -0.161. The summed E-state index contributed by atoms with van der Waals surface area (Å²) < 4.78 is 0. The van der Waals surface area contributed by atoms with Gasteiger partial charge in [-0.2, -0.15) is 0 Å². The molecule has 0 aliphatic heterocycles. The van der Waals surface area contributed by atoms with Crippen molar-refractivity contribution in [1.82, 2.24) is 0 Å². The first-order chi connectivity index (χ1) is 7.35. The van der Waals surface area contributed by atoms with Gasteiger partial charge in [-0.15, -0.1) is 0 Å². The van der Waals surface area contributed by atoms with E-state index in [1.165, 1.54) is 32.1 Å². The van der Waals surface area contributed by atoms with E-state index in [1.807, 2.05) is 0 Å². The summed E-state index contributed by atoms with van der Waals surface area (Å²) >= 11 is 0. The van der Waals surface area contributed by atoms with Crippen molar-refractivity contribution in [2.24, 2.45) is 22.7 Å². The molecule has 4 atom stereocenters. The molecular weight excluding hydrogens is 196 g/mol. The van der Waals surface area contributed by atoms with Crippen LogP contribution in [0.4, 0.5) is 0 Å². The highest BCUT2D eigenvalue weighted by Crippen LogP contribution is 2.64. The maximum absolute atomic E-state index is 11.0.